The van der Waals surface area contributed by atoms with Gasteiger partial charge in [0.25, 0.3) is 0 Å². The molecular formula is C32H49NO5S. The lowest BCUT2D eigenvalue weighted by Crippen LogP contribution is -2.73. The maximum Gasteiger partial charge on any atom is 0.320 e. The number of esters is 1. The van der Waals surface area contributed by atoms with E-state index in [4.69, 9.17) is 19.2 Å². The van der Waals surface area contributed by atoms with Gasteiger partial charge in [-0.05, 0) is 74.5 Å². The minimum Gasteiger partial charge on any atom is -0.461 e. The Labute approximate surface area is 239 Å². The molecule has 39 heavy (non-hydrogen) atoms. The van der Waals surface area contributed by atoms with Crippen LogP contribution in [0.3, 0.4) is 0 Å². The molecule has 0 radical (unpaired) electrons. The Bertz CT molecular complexity index is 966. The number of carbonyl (C=O) groups is 1. The van der Waals surface area contributed by atoms with E-state index < -0.39 is 5.60 Å². The van der Waals surface area contributed by atoms with Crippen LogP contribution in [0.5, 0.6) is 0 Å². The van der Waals surface area contributed by atoms with Gasteiger partial charge in [-0.2, -0.15) is 11.8 Å². The van der Waals surface area contributed by atoms with Crippen LogP contribution >= 0.6 is 11.8 Å². The van der Waals surface area contributed by atoms with Gasteiger partial charge in [0.05, 0.1) is 19.8 Å². The van der Waals surface area contributed by atoms with E-state index in [0.29, 0.717) is 43.9 Å². The molecule has 2 saturated heterocycles. The summed E-state index contributed by atoms with van der Waals surface area (Å²) >= 11 is 2.03. The minimum absolute atomic E-state index is 0.00291. The fraction of sp³-hybridized carbons (Fsp3) is 0.844. The van der Waals surface area contributed by atoms with Crippen molar-refractivity contribution >= 4 is 17.7 Å². The topological polar surface area (TPSA) is 57.2 Å². The van der Waals surface area contributed by atoms with Gasteiger partial charge in [-0.1, -0.05) is 39.0 Å². The molecule has 3 heterocycles. The molecule has 0 aromatic carbocycles. The van der Waals surface area contributed by atoms with Crippen molar-refractivity contribution in [3.05, 3.63) is 24.3 Å². The summed E-state index contributed by atoms with van der Waals surface area (Å²) in [6.45, 7) is 10.5. The third-order valence-corrected chi connectivity index (χ3v) is 12.8. The molecule has 0 aromatic heterocycles. The molecule has 0 N–H and O–H groups in total. The summed E-state index contributed by atoms with van der Waals surface area (Å²) < 4.78 is 11.4. The molecule has 4 aliphatic carbocycles. The zero-order chi connectivity index (χ0) is 27.1. The van der Waals surface area contributed by atoms with E-state index in [1.54, 1.807) is 0 Å². The van der Waals surface area contributed by atoms with Crippen LogP contribution in [0.15, 0.2) is 24.3 Å². The largest absolute Gasteiger partial charge is 0.461 e. The van der Waals surface area contributed by atoms with Crippen LogP contribution in [0.2, 0.25) is 0 Å². The van der Waals surface area contributed by atoms with Crippen molar-refractivity contribution in [1.29, 1.82) is 0 Å². The Morgan fingerprint density at radius 2 is 1.90 bits per heavy atom. The summed E-state index contributed by atoms with van der Waals surface area (Å²) in [7, 11) is 0. The Morgan fingerprint density at radius 1 is 1.05 bits per heavy atom. The first kappa shape index (κ1) is 28.3. The van der Waals surface area contributed by atoms with E-state index in [1.807, 2.05) is 11.8 Å². The first-order chi connectivity index (χ1) is 18.9. The molecule has 0 amide bonds. The van der Waals surface area contributed by atoms with Crippen LogP contribution in [0.4, 0.5) is 0 Å². The highest BCUT2D eigenvalue weighted by Gasteiger charge is 2.74. The zero-order valence-corrected chi connectivity index (χ0v) is 25.1. The van der Waals surface area contributed by atoms with Crippen molar-refractivity contribution < 1.29 is 24.0 Å². The number of hydrogen-bond donors (Lipinski definition) is 0. The summed E-state index contributed by atoms with van der Waals surface area (Å²) in [4.78, 5) is 28.0. The third-order valence-electron chi connectivity index (χ3n) is 11.7. The number of fused-ring (bicyclic) bond motifs is 2. The summed E-state index contributed by atoms with van der Waals surface area (Å²) in [5.41, 5.74) is -0.543. The molecule has 3 saturated carbocycles. The standard InChI is InChI=1S/C32H49NO5S/c1-4-20-39-21-6-5-7-24-8-9-26-29(24,2)12-11-27-30(3)13-10-25(22-31(30)14-15-32(26,27)38-37-31)36-28(34)23-33-16-18-35-19-17-33/h5-6,14-15,24-27H,4,7-13,16-23H2,1-3H3/b6-5+/t24?,25?,26?,27?,29?,30?,31-,32+/m1/s1. The van der Waals surface area contributed by atoms with Crippen LogP contribution < -0.4 is 0 Å². The molecule has 6 nitrogen and oxygen atoms in total. The number of morpholine rings is 1. The predicted molar refractivity (Wildman–Crippen MR) is 154 cm³/mol. The van der Waals surface area contributed by atoms with Gasteiger partial charge in [-0.3, -0.25) is 9.69 Å². The fourth-order valence-electron chi connectivity index (χ4n) is 9.47. The number of hydrogen-bond acceptors (Lipinski definition) is 7. The summed E-state index contributed by atoms with van der Waals surface area (Å²) in [6, 6.07) is 0. The van der Waals surface area contributed by atoms with Gasteiger partial charge >= 0.3 is 5.97 Å². The van der Waals surface area contributed by atoms with Gasteiger partial charge in [0.1, 0.15) is 17.3 Å². The molecule has 0 aromatic rings. The average Bonchev–Trinajstić information content (AvgIpc) is 3.28. The molecule has 5 fully saturated rings. The van der Waals surface area contributed by atoms with Crippen LogP contribution in [-0.4, -0.2) is 72.5 Å². The number of rotatable bonds is 9. The summed E-state index contributed by atoms with van der Waals surface area (Å²) in [5, 5.41) is 0. The van der Waals surface area contributed by atoms with Crippen molar-refractivity contribution in [3.63, 3.8) is 0 Å². The molecule has 8 atom stereocenters. The third kappa shape index (κ3) is 4.76. The van der Waals surface area contributed by atoms with E-state index in [-0.39, 0.29) is 28.5 Å². The molecule has 3 aliphatic heterocycles. The molecule has 7 aliphatic rings. The molecule has 7 heteroatoms. The lowest BCUT2D eigenvalue weighted by Gasteiger charge is -2.69. The van der Waals surface area contributed by atoms with Gasteiger partial charge in [0.2, 0.25) is 0 Å². The Kier molecular flexibility index (Phi) is 8.04. The molecule has 7 rings (SSSR count). The second-order valence-electron chi connectivity index (χ2n) is 13.6. The fourth-order valence-corrected chi connectivity index (χ4v) is 10.2. The monoisotopic (exact) mass is 559 g/mol. The van der Waals surface area contributed by atoms with E-state index in [0.717, 1.165) is 31.7 Å². The van der Waals surface area contributed by atoms with E-state index >= 15 is 0 Å². The highest BCUT2D eigenvalue weighted by Crippen LogP contribution is 2.72. The van der Waals surface area contributed by atoms with Crippen LogP contribution in [0, 0.1) is 28.6 Å². The Balaban J connectivity index is 1.14. The second kappa shape index (κ2) is 11.1. The average molecular weight is 560 g/mol. The summed E-state index contributed by atoms with van der Waals surface area (Å²) in [6.07, 6.45) is 19.4. The normalized spacial score (nSPS) is 45.2. The van der Waals surface area contributed by atoms with Crippen molar-refractivity contribution in [2.24, 2.45) is 28.6 Å². The van der Waals surface area contributed by atoms with Crippen molar-refractivity contribution in [2.45, 2.75) is 95.9 Å². The van der Waals surface area contributed by atoms with Crippen LogP contribution in [0.25, 0.3) is 0 Å². The molecule has 6 unspecified atom stereocenters. The maximum absolute atomic E-state index is 12.8. The lowest BCUT2D eigenvalue weighted by molar-refractivity contribution is -0.497. The second-order valence-corrected chi connectivity index (χ2v) is 14.8. The van der Waals surface area contributed by atoms with Gasteiger partial charge in [-0.15, -0.1) is 0 Å². The molecular weight excluding hydrogens is 510 g/mol. The van der Waals surface area contributed by atoms with Gasteiger partial charge < -0.3 is 9.47 Å². The number of ether oxygens (including phenoxy) is 2. The molecule has 218 valence electrons. The number of thioether (sulfide) groups is 1. The Morgan fingerprint density at radius 3 is 2.67 bits per heavy atom. The van der Waals surface area contributed by atoms with Crippen molar-refractivity contribution in [1.82, 2.24) is 4.90 Å². The highest BCUT2D eigenvalue weighted by molar-refractivity contribution is 7.99. The zero-order valence-electron chi connectivity index (χ0n) is 24.3. The first-order valence-corrected chi connectivity index (χ1v) is 16.8. The molecule has 2 spiro atoms. The van der Waals surface area contributed by atoms with Crippen LogP contribution in [-0.2, 0) is 24.0 Å². The predicted octanol–water partition coefficient (Wildman–Crippen LogP) is 5.96. The van der Waals surface area contributed by atoms with Gasteiger partial charge in [0, 0.05) is 42.5 Å². The van der Waals surface area contributed by atoms with Crippen LogP contribution in [0.1, 0.15) is 78.6 Å². The quantitative estimate of drug-likeness (QED) is 0.149. The SMILES string of the molecule is CCCSC/C=C/CC1CCC2C1(C)CCC1C3(C)CCC(OC(=O)CN4CCOCC4)C[C@]34C=C[C@]21OO4. The van der Waals surface area contributed by atoms with E-state index in [9.17, 15) is 4.79 Å². The summed E-state index contributed by atoms with van der Waals surface area (Å²) in [5.74, 6) is 3.91. The maximum atomic E-state index is 12.8. The van der Waals surface area contributed by atoms with Crippen molar-refractivity contribution in [2.75, 3.05) is 44.4 Å². The minimum atomic E-state index is -0.508. The van der Waals surface area contributed by atoms with E-state index in [2.05, 4.69) is 50.0 Å². The number of nitrogens with zero attached hydrogens (tertiary/aromatic N) is 1. The number of carbonyl (C=O) groups excluding carboxylic acids is 1. The van der Waals surface area contributed by atoms with E-state index in [1.165, 1.54) is 44.3 Å². The van der Waals surface area contributed by atoms with Crippen molar-refractivity contribution in [3.8, 4) is 0 Å². The number of allylic oxidation sites excluding steroid dienone is 1. The van der Waals surface area contributed by atoms with Gasteiger partial charge in [0.15, 0.2) is 0 Å². The molecule has 2 bridgehead atoms. The first-order valence-electron chi connectivity index (χ1n) is 15.6. The Hall–Kier alpha value is -0.860. The van der Waals surface area contributed by atoms with Gasteiger partial charge in [-0.25, -0.2) is 9.78 Å². The smallest absolute Gasteiger partial charge is 0.320 e. The highest BCUT2D eigenvalue weighted by atomic mass is 32.2. The lowest BCUT2D eigenvalue weighted by atomic mass is 9.43.